The lowest BCUT2D eigenvalue weighted by Gasteiger charge is -2.31. The van der Waals surface area contributed by atoms with E-state index in [2.05, 4.69) is 10.1 Å². The molecule has 162 valence electrons. The van der Waals surface area contributed by atoms with Gasteiger partial charge in [0.25, 0.3) is 5.89 Å². The Kier molecular flexibility index (Phi) is 6.50. The lowest BCUT2D eigenvalue weighted by Crippen LogP contribution is -2.39. The molecule has 1 aromatic heterocycles. The minimum Gasteiger partial charge on any atom is -0.497 e. The van der Waals surface area contributed by atoms with Crippen LogP contribution in [0.5, 0.6) is 11.5 Å². The Balaban J connectivity index is 1.39. The normalized spacial score (nSPS) is 16.2. The van der Waals surface area contributed by atoms with Crippen molar-refractivity contribution in [2.45, 2.75) is 31.6 Å². The van der Waals surface area contributed by atoms with Gasteiger partial charge in [-0.1, -0.05) is 29.4 Å². The van der Waals surface area contributed by atoms with Crippen LogP contribution in [0.3, 0.4) is 0 Å². The van der Waals surface area contributed by atoms with Crippen LogP contribution in [0.25, 0.3) is 11.5 Å². The predicted molar refractivity (Wildman–Crippen MR) is 116 cm³/mol. The Bertz CT molecular complexity index is 1030. The summed E-state index contributed by atoms with van der Waals surface area (Å²) >= 11 is 0. The molecule has 2 aromatic carbocycles. The number of benzene rings is 2. The van der Waals surface area contributed by atoms with Crippen LogP contribution in [-0.2, 0) is 11.2 Å². The SMILES string of the molecule is COc1cccc(CCC(=O)N2CCCC(c3noc(-c4ccccc4OC)n3)C2)c1. The quantitative estimate of drug-likeness (QED) is 0.572. The third-order valence-corrected chi connectivity index (χ3v) is 5.68. The van der Waals surface area contributed by atoms with Crippen molar-refractivity contribution in [3.05, 3.63) is 59.9 Å². The summed E-state index contributed by atoms with van der Waals surface area (Å²) in [7, 11) is 3.27. The summed E-state index contributed by atoms with van der Waals surface area (Å²) in [5.74, 6) is 2.81. The number of rotatable bonds is 7. The number of hydrogen-bond acceptors (Lipinski definition) is 6. The monoisotopic (exact) mass is 421 g/mol. The number of para-hydroxylation sites is 1. The molecule has 1 atom stereocenters. The molecule has 1 fully saturated rings. The molecule has 3 aromatic rings. The Morgan fingerprint density at radius 1 is 1.16 bits per heavy atom. The molecule has 0 radical (unpaired) electrons. The highest BCUT2D eigenvalue weighted by Gasteiger charge is 2.28. The molecule has 1 saturated heterocycles. The van der Waals surface area contributed by atoms with Crippen molar-refractivity contribution >= 4 is 5.91 Å². The number of aryl methyl sites for hydroxylation is 1. The number of hydrogen-bond donors (Lipinski definition) is 0. The lowest BCUT2D eigenvalue weighted by atomic mass is 9.96. The minimum absolute atomic E-state index is 0.0710. The molecule has 1 aliphatic heterocycles. The lowest BCUT2D eigenvalue weighted by molar-refractivity contribution is -0.132. The standard InChI is InChI=1S/C24H27N3O4/c1-29-19-9-5-7-17(15-19)12-13-22(28)27-14-6-8-18(16-27)23-25-24(31-26-23)20-10-3-4-11-21(20)30-2/h3-5,7,9-11,15,18H,6,8,12-14,16H2,1-2H3. The largest absolute Gasteiger partial charge is 0.497 e. The molecule has 0 saturated carbocycles. The molecule has 2 heterocycles. The maximum absolute atomic E-state index is 12.8. The number of piperidine rings is 1. The van der Waals surface area contributed by atoms with E-state index in [9.17, 15) is 4.79 Å². The van der Waals surface area contributed by atoms with Gasteiger partial charge < -0.3 is 18.9 Å². The van der Waals surface area contributed by atoms with Gasteiger partial charge in [0.1, 0.15) is 11.5 Å². The fourth-order valence-electron chi connectivity index (χ4n) is 3.98. The maximum atomic E-state index is 12.8. The van der Waals surface area contributed by atoms with Gasteiger partial charge in [0.2, 0.25) is 5.91 Å². The van der Waals surface area contributed by atoms with Crippen LogP contribution in [-0.4, -0.2) is 48.3 Å². The topological polar surface area (TPSA) is 77.7 Å². The third kappa shape index (κ3) is 4.87. The molecule has 0 aliphatic carbocycles. The summed E-state index contributed by atoms with van der Waals surface area (Å²) in [6, 6.07) is 15.4. The average molecular weight is 421 g/mol. The van der Waals surface area contributed by atoms with Gasteiger partial charge in [0.15, 0.2) is 5.82 Å². The number of nitrogens with zero attached hydrogens (tertiary/aromatic N) is 3. The minimum atomic E-state index is 0.0710. The van der Waals surface area contributed by atoms with Crippen molar-refractivity contribution in [2.24, 2.45) is 0 Å². The first kappa shape index (κ1) is 20.9. The van der Waals surface area contributed by atoms with E-state index in [1.54, 1.807) is 14.2 Å². The molecule has 1 aliphatic rings. The number of methoxy groups -OCH3 is 2. The first-order chi connectivity index (χ1) is 15.2. The van der Waals surface area contributed by atoms with E-state index in [1.165, 1.54) is 0 Å². The zero-order chi connectivity index (χ0) is 21.6. The fraction of sp³-hybridized carbons (Fsp3) is 0.375. The van der Waals surface area contributed by atoms with E-state index >= 15 is 0 Å². The number of likely N-dealkylation sites (tertiary alicyclic amines) is 1. The molecule has 0 bridgehead atoms. The Labute approximate surface area is 182 Å². The highest BCUT2D eigenvalue weighted by atomic mass is 16.5. The second kappa shape index (κ2) is 9.64. The summed E-state index contributed by atoms with van der Waals surface area (Å²) in [6.07, 6.45) is 3.02. The smallest absolute Gasteiger partial charge is 0.261 e. The summed E-state index contributed by atoms with van der Waals surface area (Å²) in [5.41, 5.74) is 1.87. The van der Waals surface area contributed by atoms with Crippen LogP contribution in [0.4, 0.5) is 0 Å². The highest BCUT2D eigenvalue weighted by molar-refractivity contribution is 5.76. The van der Waals surface area contributed by atoms with Crippen molar-refractivity contribution in [3.63, 3.8) is 0 Å². The molecular formula is C24H27N3O4. The Morgan fingerprint density at radius 2 is 2.03 bits per heavy atom. The summed E-state index contributed by atoms with van der Waals surface area (Å²) < 4.78 is 16.2. The first-order valence-corrected chi connectivity index (χ1v) is 10.6. The second-order valence-corrected chi connectivity index (χ2v) is 7.69. The van der Waals surface area contributed by atoms with Crippen LogP contribution >= 0.6 is 0 Å². The van der Waals surface area contributed by atoms with Gasteiger partial charge in [0.05, 0.1) is 19.8 Å². The molecule has 1 unspecified atom stereocenters. The molecule has 0 N–H and O–H groups in total. The molecular weight excluding hydrogens is 394 g/mol. The Hall–Kier alpha value is -3.35. The first-order valence-electron chi connectivity index (χ1n) is 10.6. The molecule has 4 rings (SSSR count). The van der Waals surface area contributed by atoms with Crippen molar-refractivity contribution in [1.82, 2.24) is 15.0 Å². The number of carbonyl (C=O) groups excluding carboxylic acids is 1. The van der Waals surface area contributed by atoms with Crippen LogP contribution in [0.15, 0.2) is 53.1 Å². The zero-order valence-electron chi connectivity index (χ0n) is 17.9. The van der Waals surface area contributed by atoms with E-state index in [0.717, 1.165) is 36.3 Å². The summed E-state index contributed by atoms with van der Waals surface area (Å²) in [4.78, 5) is 19.4. The van der Waals surface area contributed by atoms with Crippen molar-refractivity contribution in [2.75, 3.05) is 27.3 Å². The van der Waals surface area contributed by atoms with E-state index in [0.29, 0.717) is 36.9 Å². The van der Waals surface area contributed by atoms with Gasteiger partial charge in [-0.05, 0) is 49.1 Å². The number of carbonyl (C=O) groups is 1. The molecule has 0 spiro atoms. The predicted octanol–water partition coefficient (Wildman–Crippen LogP) is 4.09. The second-order valence-electron chi connectivity index (χ2n) is 7.69. The van der Waals surface area contributed by atoms with Crippen LogP contribution in [0.2, 0.25) is 0 Å². The average Bonchev–Trinajstić information content (AvgIpc) is 3.33. The molecule has 1 amide bonds. The summed E-state index contributed by atoms with van der Waals surface area (Å²) in [6.45, 7) is 1.38. The van der Waals surface area contributed by atoms with Crippen molar-refractivity contribution < 1.29 is 18.8 Å². The van der Waals surface area contributed by atoms with E-state index in [4.69, 9.17) is 14.0 Å². The summed E-state index contributed by atoms with van der Waals surface area (Å²) in [5, 5.41) is 4.20. The van der Waals surface area contributed by atoms with Gasteiger partial charge in [-0.15, -0.1) is 0 Å². The van der Waals surface area contributed by atoms with Crippen molar-refractivity contribution in [1.29, 1.82) is 0 Å². The van der Waals surface area contributed by atoms with Crippen molar-refractivity contribution in [3.8, 4) is 23.0 Å². The van der Waals surface area contributed by atoms with Gasteiger partial charge in [-0.3, -0.25) is 4.79 Å². The number of ether oxygens (including phenoxy) is 2. The van der Waals surface area contributed by atoms with Gasteiger partial charge in [-0.2, -0.15) is 4.98 Å². The third-order valence-electron chi connectivity index (χ3n) is 5.68. The van der Waals surface area contributed by atoms with E-state index < -0.39 is 0 Å². The number of amides is 1. The fourth-order valence-corrected chi connectivity index (χ4v) is 3.98. The zero-order valence-corrected chi connectivity index (χ0v) is 17.9. The molecule has 31 heavy (non-hydrogen) atoms. The van der Waals surface area contributed by atoms with Gasteiger partial charge in [-0.25, -0.2) is 0 Å². The number of aromatic nitrogens is 2. The van der Waals surface area contributed by atoms with Gasteiger partial charge >= 0.3 is 0 Å². The Morgan fingerprint density at radius 3 is 2.87 bits per heavy atom. The van der Waals surface area contributed by atoms with Crippen LogP contribution in [0.1, 0.15) is 36.6 Å². The van der Waals surface area contributed by atoms with Gasteiger partial charge in [0, 0.05) is 25.4 Å². The van der Waals surface area contributed by atoms with Crippen LogP contribution in [0, 0.1) is 0 Å². The molecule has 7 nitrogen and oxygen atoms in total. The molecule has 7 heteroatoms. The maximum Gasteiger partial charge on any atom is 0.261 e. The van der Waals surface area contributed by atoms with E-state index in [1.807, 2.05) is 53.4 Å². The van der Waals surface area contributed by atoms with Crippen LogP contribution < -0.4 is 9.47 Å². The van der Waals surface area contributed by atoms with E-state index in [-0.39, 0.29) is 11.8 Å². The highest BCUT2D eigenvalue weighted by Crippen LogP contribution is 2.31.